The van der Waals surface area contributed by atoms with E-state index in [2.05, 4.69) is 11.9 Å². The van der Waals surface area contributed by atoms with Gasteiger partial charge in [0.1, 0.15) is 5.00 Å². The summed E-state index contributed by atoms with van der Waals surface area (Å²) in [5, 5.41) is 2.26. The highest BCUT2D eigenvalue weighted by Gasteiger charge is 2.27. The normalized spacial score (nSPS) is 15.6. The molecule has 1 heterocycles. The van der Waals surface area contributed by atoms with Gasteiger partial charge < -0.3 is 5.73 Å². The van der Waals surface area contributed by atoms with Crippen LogP contribution < -0.4 is 5.73 Å². The lowest BCUT2D eigenvalue weighted by Crippen LogP contribution is -1.92. The number of unbranched alkanes of at least 4 members (excludes halogenated alkanes) is 4. The first kappa shape index (κ1) is 11.9. The quantitative estimate of drug-likeness (QED) is 0.726. The summed E-state index contributed by atoms with van der Waals surface area (Å²) in [6.45, 7) is 2.25. The van der Waals surface area contributed by atoms with Crippen LogP contribution in [0.2, 0.25) is 0 Å². The Balaban J connectivity index is 1.75. The molecule has 1 aromatic rings. The number of aryl methyl sites for hydroxylation is 1. The van der Waals surface area contributed by atoms with E-state index in [1.807, 2.05) is 0 Å². The van der Waals surface area contributed by atoms with Gasteiger partial charge in [-0.15, -0.1) is 11.3 Å². The predicted octanol–water partition coefficient (Wildman–Crippen LogP) is 4.12. The van der Waals surface area contributed by atoms with Crippen LogP contribution in [0.5, 0.6) is 0 Å². The number of nitrogens with two attached hydrogens (primary N) is 1. The first-order chi connectivity index (χ1) is 7.81. The molecule has 0 bridgehead atoms. The molecule has 1 aliphatic rings. The van der Waals surface area contributed by atoms with Gasteiger partial charge in [-0.2, -0.15) is 0 Å². The van der Waals surface area contributed by atoms with Crippen LogP contribution in [-0.2, 0) is 6.42 Å². The van der Waals surface area contributed by atoms with E-state index in [1.54, 1.807) is 11.3 Å². The number of hydrogen-bond donors (Lipinski definition) is 1. The molecule has 90 valence electrons. The molecule has 16 heavy (non-hydrogen) atoms. The zero-order chi connectivity index (χ0) is 11.4. The van der Waals surface area contributed by atoms with Crippen LogP contribution >= 0.6 is 11.3 Å². The van der Waals surface area contributed by atoms with Crippen molar-refractivity contribution in [2.45, 2.75) is 64.2 Å². The molecule has 0 unspecified atom stereocenters. The number of thiazole rings is 1. The second-order valence-electron chi connectivity index (χ2n) is 4.80. The van der Waals surface area contributed by atoms with Crippen molar-refractivity contribution in [3.8, 4) is 0 Å². The van der Waals surface area contributed by atoms with Crippen LogP contribution in [0.4, 0.5) is 5.00 Å². The minimum absolute atomic E-state index is 0.751. The summed E-state index contributed by atoms with van der Waals surface area (Å²) in [6.07, 6.45) is 10.3. The van der Waals surface area contributed by atoms with Gasteiger partial charge in [-0.3, -0.25) is 0 Å². The van der Waals surface area contributed by atoms with Crippen LogP contribution in [0, 0.1) is 0 Å². The lowest BCUT2D eigenvalue weighted by atomic mass is 10.1. The van der Waals surface area contributed by atoms with E-state index in [4.69, 9.17) is 5.73 Å². The molecular weight excluding hydrogens is 216 g/mol. The topological polar surface area (TPSA) is 38.9 Å². The van der Waals surface area contributed by atoms with E-state index in [9.17, 15) is 0 Å². The molecule has 0 radical (unpaired) electrons. The Bertz CT molecular complexity index is 329. The van der Waals surface area contributed by atoms with Crippen LogP contribution in [0.3, 0.4) is 0 Å². The summed E-state index contributed by atoms with van der Waals surface area (Å²) in [4.78, 5) is 4.68. The molecule has 3 heteroatoms. The largest absolute Gasteiger partial charge is 0.389 e. The molecule has 2 N–H and O–H groups in total. The van der Waals surface area contributed by atoms with Crippen molar-refractivity contribution < 1.29 is 0 Å². The third-order valence-electron chi connectivity index (χ3n) is 3.19. The third-order valence-corrected chi connectivity index (χ3v) is 4.28. The van der Waals surface area contributed by atoms with Gasteiger partial charge in [0.2, 0.25) is 0 Å². The fourth-order valence-electron chi connectivity index (χ4n) is 1.96. The van der Waals surface area contributed by atoms with Gasteiger partial charge in [0.25, 0.3) is 0 Å². The van der Waals surface area contributed by atoms with E-state index in [1.165, 1.54) is 55.6 Å². The van der Waals surface area contributed by atoms with Crippen LogP contribution in [0.25, 0.3) is 0 Å². The van der Waals surface area contributed by atoms with Crippen LogP contribution in [0.15, 0.2) is 0 Å². The molecule has 0 saturated heterocycles. The molecule has 0 spiro atoms. The number of anilines is 1. The van der Waals surface area contributed by atoms with Crippen molar-refractivity contribution in [2.24, 2.45) is 0 Å². The summed E-state index contributed by atoms with van der Waals surface area (Å²) in [5.41, 5.74) is 7.17. The average molecular weight is 238 g/mol. The third kappa shape index (κ3) is 3.21. The number of aromatic nitrogens is 1. The van der Waals surface area contributed by atoms with Crippen molar-refractivity contribution >= 4 is 16.3 Å². The molecule has 2 nitrogen and oxygen atoms in total. The Labute approximate surface area is 102 Å². The van der Waals surface area contributed by atoms with Crippen LogP contribution in [0.1, 0.15) is 68.5 Å². The highest BCUT2D eigenvalue weighted by Crippen LogP contribution is 2.43. The van der Waals surface area contributed by atoms with E-state index < -0.39 is 0 Å². The fraction of sp³-hybridized carbons (Fsp3) is 0.769. The lowest BCUT2D eigenvalue weighted by molar-refractivity contribution is 0.629. The number of nitrogens with zero attached hydrogens (tertiary/aromatic N) is 1. The van der Waals surface area contributed by atoms with Gasteiger partial charge in [0.05, 0.1) is 10.7 Å². The summed E-state index contributed by atoms with van der Waals surface area (Å²) in [6, 6.07) is 0. The lowest BCUT2D eigenvalue weighted by Gasteiger charge is -1.99. The molecule has 1 aliphatic carbocycles. The highest BCUT2D eigenvalue weighted by atomic mass is 32.1. The summed E-state index contributed by atoms with van der Waals surface area (Å²) in [5.74, 6) is 0.751. The van der Waals surface area contributed by atoms with Gasteiger partial charge in [0, 0.05) is 5.92 Å². The van der Waals surface area contributed by atoms with Crippen molar-refractivity contribution in [2.75, 3.05) is 5.73 Å². The highest BCUT2D eigenvalue weighted by molar-refractivity contribution is 7.15. The Morgan fingerprint density at radius 1 is 1.25 bits per heavy atom. The number of nitrogen functional groups attached to an aromatic ring is 1. The standard InChI is InChI=1S/C13H22N2S/c1-2-3-4-5-6-7-11-12(14)16-13(15-11)10-8-9-10/h10H,2-9,14H2,1H3. The maximum absolute atomic E-state index is 6.00. The zero-order valence-electron chi connectivity index (χ0n) is 10.2. The summed E-state index contributed by atoms with van der Waals surface area (Å²) < 4.78 is 0. The second-order valence-corrected chi connectivity index (χ2v) is 5.86. The first-order valence-corrected chi connectivity index (χ1v) is 7.38. The van der Waals surface area contributed by atoms with E-state index in [0.29, 0.717) is 0 Å². The summed E-state index contributed by atoms with van der Waals surface area (Å²) >= 11 is 1.72. The molecule has 0 aromatic carbocycles. The fourth-order valence-corrected chi connectivity index (χ4v) is 3.01. The molecule has 1 aromatic heterocycles. The zero-order valence-corrected chi connectivity index (χ0v) is 11.0. The SMILES string of the molecule is CCCCCCCc1nc(C2CC2)sc1N. The van der Waals surface area contributed by atoms with Gasteiger partial charge in [-0.05, 0) is 25.7 Å². The number of hydrogen-bond acceptors (Lipinski definition) is 3. The van der Waals surface area contributed by atoms with Gasteiger partial charge in [-0.25, -0.2) is 4.98 Å². The van der Waals surface area contributed by atoms with Gasteiger partial charge in [-0.1, -0.05) is 32.6 Å². The molecule has 2 rings (SSSR count). The Morgan fingerprint density at radius 3 is 2.69 bits per heavy atom. The molecular formula is C13H22N2S. The first-order valence-electron chi connectivity index (χ1n) is 6.56. The predicted molar refractivity (Wildman–Crippen MR) is 71.0 cm³/mol. The monoisotopic (exact) mass is 238 g/mol. The Morgan fingerprint density at radius 2 is 2.00 bits per heavy atom. The smallest absolute Gasteiger partial charge is 0.109 e. The van der Waals surface area contributed by atoms with Crippen molar-refractivity contribution in [3.05, 3.63) is 10.7 Å². The molecule has 0 aliphatic heterocycles. The minimum Gasteiger partial charge on any atom is -0.389 e. The van der Waals surface area contributed by atoms with E-state index in [-0.39, 0.29) is 0 Å². The van der Waals surface area contributed by atoms with E-state index >= 15 is 0 Å². The minimum atomic E-state index is 0.751. The number of rotatable bonds is 7. The van der Waals surface area contributed by atoms with Gasteiger partial charge in [0.15, 0.2) is 0 Å². The van der Waals surface area contributed by atoms with Crippen LogP contribution in [-0.4, -0.2) is 4.98 Å². The average Bonchev–Trinajstić information content (AvgIpc) is 3.05. The molecule has 1 fully saturated rings. The van der Waals surface area contributed by atoms with Gasteiger partial charge >= 0.3 is 0 Å². The maximum atomic E-state index is 6.00. The Kier molecular flexibility index (Phi) is 4.22. The second kappa shape index (κ2) is 5.67. The maximum Gasteiger partial charge on any atom is 0.109 e. The molecule has 0 atom stereocenters. The van der Waals surface area contributed by atoms with E-state index in [0.717, 1.165) is 17.3 Å². The molecule has 1 saturated carbocycles. The summed E-state index contributed by atoms with van der Waals surface area (Å²) in [7, 11) is 0. The van der Waals surface area contributed by atoms with Crippen molar-refractivity contribution in [1.29, 1.82) is 0 Å². The Hall–Kier alpha value is -0.570. The molecule has 0 amide bonds. The van der Waals surface area contributed by atoms with Crippen molar-refractivity contribution in [1.82, 2.24) is 4.98 Å². The van der Waals surface area contributed by atoms with Crippen molar-refractivity contribution in [3.63, 3.8) is 0 Å².